The van der Waals surface area contributed by atoms with Gasteiger partial charge in [0.1, 0.15) is 15.7 Å². The molecular weight excluding hydrogens is 546 g/mol. The topological polar surface area (TPSA) is 114 Å². The van der Waals surface area contributed by atoms with Crippen molar-refractivity contribution in [2.45, 2.75) is 121 Å². The van der Waals surface area contributed by atoms with Gasteiger partial charge in [-0.1, -0.05) is 54.8 Å². The fraction of sp³-hybridized carbons (Fsp3) is 0.840. The van der Waals surface area contributed by atoms with E-state index in [2.05, 4.69) is 15.9 Å². The van der Waals surface area contributed by atoms with Gasteiger partial charge in [0.2, 0.25) is 12.4 Å². The van der Waals surface area contributed by atoms with Crippen molar-refractivity contribution in [2.75, 3.05) is 11.9 Å². The maximum atomic E-state index is 12.7. The summed E-state index contributed by atoms with van der Waals surface area (Å²) >= 11 is 3.34. The molecule has 1 aliphatic rings. The minimum Gasteiger partial charge on any atom is -0.456 e. The molecule has 0 N–H and O–H groups in total. The van der Waals surface area contributed by atoms with Crippen molar-refractivity contribution in [2.24, 2.45) is 0 Å². The molecule has 0 aromatic rings. The van der Waals surface area contributed by atoms with Crippen molar-refractivity contribution in [3.63, 3.8) is 0 Å². The molecule has 0 aliphatic carbocycles. The van der Waals surface area contributed by atoms with E-state index in [1.165, 1.54) is 0 Å². The Morgan fingerprint density at radius 2 is 1.19 bits per heavy atom. The van der Waals surface area contributed by atoms with Crippen molar-refractivity contribution in [1.82, 2.24) is 0 Å². The number of hydrogen-bond acceptors (Lipinski definition) is 9. The van der Waals surface area contributed by atoms with Crippen molar-refractivity contribution >= 4 is 55.5 Å². The normalized spacial score (nSPS) is 21.1. The number of alkyl halides is 1. The molecule has 1 rings (SSSR count). The molecule has 0 aromatic heterocycles. The Hall–Kier alpha value is -1.55. The van der Waals surface area contributed by atoms with Gasteiger partial charge in [0.15, 0.2) is 12.2 Å². The van der Waals surface area contributed by atoms with E-state index in [0.717, 1.165) is 43.7 Å². The summed E-state index contributed by atoms with van der Waals surface area (Å²) < 4.78 is 28.3. The first kappa shape index (κ1) is 33.5. The van der Waals surface area contributed by atoms with E-state index in [1.807, 2.05) is 22.6 Å². The van der Waals surface area contributed by atoms with Crippen LogP contribution in [0.5, 0.6) is 0 Å². The lowest BCUT2D eigenvalue weighted by molar-refractivity contribution is -0.275. The van der Waals surface area contributed by atoms with E-state index in [1.54, 1.807) is 0 Å². The van der Waals surface area contributed by atoms with Gasteiger partial charge in [0.25, 0.3) is 0 Å². The van der Waals surface area contributed by atoms with Crippen LogP contribution < -0.4 is 0 Å². The molecule has 1 fully saturated rings. The van der Waals surface area contributed by atoms with Crippen LogP contribution in [0.3, 0.4) is 0 Å². The maximum absolute atomic E-state index is 12.7. The number of esters is 4. The second kappa shape index (κ2) is 20.4. The van der Waals surface area contributed by atoms with Gasteiger partial charge in [-0.15, -0.1) is 0 Å². The lowest BCUT2D eigenvalue weighted by atomic mass is 9.99. The zero-order valence-electron chi connectivity index (χ0n) is 22.7. The Labute approximate surface area is 231 Å². The van der Waals surface area contributed by atoms with E-state index in [9.17, 15) is 19.2 Å². The maximum Gasteiger partial charge on any atom is 0.308 e. The third-order valence-electron chi connectivity index (χ3n) is 5.92. The smallest absolute Gasteiger partial charge is 0.308 e. The molecule has 0 aromatic carbocycles. The van der Waals surface area contributed by atoms with Crippen LogP contribution >= 0.6 is 15.9 Å². The fourth-order valence-electron chi connectivity index (χ4n) is 3.77. The molecule has 1 aliphatic heterocycles. The first-order valence-corrected chi connectivity index (χ1v) is 14.9. The van der Waals surface area contributed by atoms with Gasteiger partial charge in [0.05, 0.1) is 6.61 Å². The zero-order valence-corrected chi connectivity index (χ0v) is 24.3. The third-order valence-corrected chi connectivity index (χ3v) is 6.48. The van der Waals surface area contributed by atoms with Crippen LogP contribution in [0, 0.1) is 0 Å². The van der Waals surface area contributed by atoms with Gasteiger partial charge in [-0.2, -0.15) is 0 Å². The molecule has 37 heavy (non-hydrogen) atoms. The molecule has 0 spiro atoms. The summed E-state index contributed by atoms with van der Waals surface area (Å²) in [6, 6.07) is 0. The monoisotopic (exact) mass is 588 g/mol. The van der Waals surface area contributed by atoms with Gasteiger partial charge < -0.3 is 23.7 Å². The average Bonchev–Trinajstić information content (AvgIpc) is 2.86. The van der Waals surface area contributed by atoms with Crippen LogP contribution in [0.1, 0.15) is 84.0 Å². The first-order chi connectivity index (χ1) is 17.9. The average molecular weight is 589 g/mol. The molecule has 0 bridgehead atoms. The second-order valence-electron chi connectivity index (χ2n) is 9.29. The van der Waals surface area contributed by atoms with Gasteiger partial charge in [-0.3, -0.25) is 19.2 Å². The second-order valence-corrected chi connectivity index (χ2v) is 10.1. The highest BCUT2D eigenvalue weighted by Crippen LogP contribution is 2.27. The van der Waals surface area contributed by atoms with Crippen molar-refractivity contribution in [1.29, 1.82) is 0 Å². The Balaban J connectivity index is 3.09. The summed E-state index contributed by atoms with van der Waals surface area (Å²) in [4.78, 5) is 50.2. The van der Waals surface area contributed by atoms with E-state index >= 15 is 0 Å². The quantitative estimate of drug-likeness (QED) is 0.0738. The van der Waals surface area contributed by atoms with Crippen LogP contribution in [0.2, 0.25) is 12.6 Å². The Morgan fingerprint density at radius 3 is 1.73 bits per heavy atom. The minimum absolute atomic E-state index is 0.136. The Morgan fingerprint density at radius 1 is 0.703 bits per heavy atom. The molecule has 1 unspecified atom stereocenters. The third kappa shape index (κ3) is 14.3. The van der Waals surface area contributed by atoms with E-state index in [0.29, 0.717) is 25.7 Å². The molecule has 12 heteroatoms. The summed E-state index contributed by atoms with van der Waals surface area (Å²) in [7, 11) is 4.06. The number of carbonyl (C=O) groups excluding carboxylic acids is 4. The Kier molecular flexibility index (Phi) is 18.5. The number of halogens is 1. The molecule has 0 saturated carbocycles. The standard InChI is InChI=1S/C25H43B2BrO9/c1-2-3-10-20(30)35-23-18(34-19(29)11-4-7-14-26)17-33-25(37-22(32)12-5-8-15-27)24(23)36-21(31)13-6-9-16-28/h18,23-25H,2-17,26-27H2,1H3/t18-,23+,24-,25?/m1/s1. The summed E-state index contributed by atoms with van der Waals surface area (Å²) in [5.74, 6) is -1.99. The van der Waals surface area contributed by atoms with Gasteiger partial charge in [0, 0.05) is 31.0 Å². The molecule has 210 valence electrons. The highest BCUT2D eigenvalue weighted by atomic mass is 79.9. The van der Waals surface area contributed by atoms with E-state index in [-0.39, 0.29) is 32.3 Å². The fourth-order valence-corrected chi connectivity index (χ4v) is 4.17. The number of unbranched alkanes of at least 4 members (excludes halogenated alkanes) is 4. The van der Waals surface area contributed by atoms with Gasteiger partial charge in [-0.25, -0.2) is 0 Å². The lowest BCUT2D eigenvalue weighted by Crippen LogP contribution is -2.58. The van der Waals surface area contributed by atoms with Crippen LogP contribution in [-0.4, -0.2) is 76.1 Å². The van der Waals surface area contributed by atoms with Gasteiger partial charge >= 0.3 is 23.9 Å². The number of carbonyl (C=O) groups is 4. The SMILES string of the molecule is BCCCCC(=O)OC1OC[C@@H](OC(=O)CCCCB)[C@H](OC(=O)CCCC)[C@H]1OC(=O)CCCCBr. The van der Waals surface area contributed by atoms with E-state index < -0.39 is 48.5 Å². The summed E-state index contributed by atoms with van der Waals surface area (Å²) in [6.45, 7) is 1.80. The van der Waals surface area contributed by atoms with Crippen LogP contribution in [0.15, 0.2) is 0 Å². The highest BCUT2D eigenvalue weighted by molar-refractivity contribution is 9.09. The first-order valence-electron chi connectivity index (χ1n) is 13.8. The van der Waals surface area contributed by atoms with Gasteiger partial charge in [-0.05, 0) is 32.1 Å². The molecular formula is C25H43B2BrO9. The molecule has 1 heterocycles. The molecule has 0 amide bonds. The molecule has 4 atom stereocenters. The molecule has 9 nitrogen and oxygen atoms in total. The highest BCUT2D eigenvalue weighted by Gasteiger charge is 2.49. The number of rotatable bonds is 19. The summed E-state index contributed by atoms with van der Waals surface area (Å²) in [5, 5.41) is 0.749. The largest absolute Gasteiger partial charge is 0.456 e. The van der Waals surface area contributed by atoms with E-state index in [4.69, 9.17) is 23.7 Å². The predicted molar refractivity (Wildman–Crippen MR) is 147 cm³/mol. The zero-order chi connectivity index (χ0) is 27.5. The van der Waals surface area contributed by atoms with Crippen LogP contribution in [0.25, 0.3) is 0 Å². The number of hydrogen-bond donors (Lipinski definition) is 0. The minimum atomic E-state index is -1.27. The summed E-state index contributed by atoms with van der Waals surface area (Å²) in [6.07, 6.45) is 3.83. The molecule has 0 radical (unpaired) electrons. The van der Waals surface area contributed by atoms with Crippen molar-refractivity contribution < 1.29 is 42.9 Å². The Bertz CT molecular complexity index is 695. The van der Waals surface area contributed by atoms with Crippen LogP contribution in [0.4, 0.5) is 0 Å². The van der Waals surface area contributed by atoms with Crippen molar-refractivity contribution in [3.05, 3.63) is 0 Å². The van der Waals surface area contributed by atoms with Crippen molar-refractivity contribution in [3.8, 4) is 0 Å². The summed E-state index contributed by atoms with van der Waals surface area (Å²) in [5.41, 5.74) is 0. The number of ether oxygens (including phenoxy) is 5. The molecule has 1 saturated heterocycles. The lowest BCUT2D eigenvalue weighted by Gasteiger charge is -2.40. The predicted octanol–water partition coefficient (Wildman–Crippen LogP) is 2.82. The van der Waals surface area contributed by atoms with Crippen LogP contribution in [-0.2, 0) is 42.9 Å².